The van der Waals surface area contributed by atoms with E-state index in [0.29, 0.717) is 13.0 Å². The van der Waals surface area contributed by atoms with Gasteiger partial charge in [0.1, 0.15) is 0 Å². The van der Waals surface area contributed by atoms with Crippen LogP contribution < -0.4 is 0 Å². The van der Waals surface area contributed by atoms with Crippen molar-refractivity contribution in [1.82, 2.24) is 0 Å². The number of Topliss-reactive ketones (excluding diaryl/α,β-unsaturated/α-hetero) is 2. The molecule has 0 aromatic rings. The number of hydrogen-bond acceptors (Lipinski definition) is 3. The Morgan fingerprint density at radius 1 is 1.29 bits per heavy atom. The highest BCUT2D eigenvalue weighted by Gasteiger charge is 2.50. The molecule has 0 spiro atoms. The maximum atomic E-state index is 12.1. The molecule has 0 amide bonds. The molecular weight excluding hydrogens is 216 g/mol. The summed E-state index contributed by atoms with van der Waals surface area (Å²) in [5, 5.41) is 0. The van der Waals surface area contributed by atoms with Crippen LogP contribution in [-0.4, -0.2) is 24.3 Å². The van der Waals surface area contributed by atoms with Gasteiger partial charge in [0, 0.05) is 12.5 Å². The molecule has 0 aromatic heterocycles. The number of hydrogen-bond donors (Lipinski definition) is 0. The standard InChI is InChI=1S/C14H20O3/c1-5-17-10-7-8-6-9(14(2,3)4)11(10)13(16)12(8)15/h6,8,10-11H,5,7H2,1-4H3/t8-,10-,11+/m1/s1. The van der Waals surface area contributed by atoms with Crippen molar-refractivity contribution in [2.45, 2.75) is 40.2 Å². The third-order valence-corrected chi connectivity index (χ3v) is 3.68. The summed E-state index contributed by atoms with van der Waals surface area (Å²) in [6.07, 6.45) is 2.57. The van der Waals surface area contributed by atoms with Crippen molar-refractivity contribution in [1.29, 1.82) is 0 Å². The normalized spacial score (nSPS) is 32.9. The zero-order valence-electron chi connectivity index (χ0n) is 10.9. The molecule has 3 heteroatoms. The molecule has 3 atom stereocenters. The third kappa shape index (κ3) is 1.97. The molecule has 1 saturated carbocycles. The molecule has 0 saturated heterocycles. The zero-order valence-corrected chi connectivity index (χ0v) is 10.9. The number of ketones is 2. The van der Waals surface area contributed by atoms with Crippen LogP contribution >= 0.6 is 0 Å². The Bertz CT molecular complexity index is 387. The molecule has 0 unspecified atom stereocenters. The maximum Gasteiger partial charge on any atom is 0.208 e. The summed E-state index contributed by atoms with van der Waals surface area (Å²) in [5.74, 6) is -1.06. The first-order chi connectivity index (χ1) is 7.86. The predicted octanol–water partition coefficient (Wildman–Crippen LogP) is 2.15. The number of rotatable bonds is 2. The summed E-state index contributed by atoms with van der Waals surface area (Å²) in [6.45, 7) is 8.77. The van der Waals surface area contributed by atoms with Crippen LogP contribution in [0.2, 0.25) is 0 Å². The minimum absolute atomic E-state index is 0.0744. The molecule has 94 valence electrons. The summed E-state index contributed by atoms with van der Waals surface area (Å²) in [7, 11) is 0. The molecule has 3 nitrogen and oxygen atoms in total. The maximum absolute atomic E-state index is 12.1. The van der Waals surface area contributed by atoms with Crippen LogP contribution in [0.5, 0.6) is 0 Å². The van der Waals surface area contributed by atoms with E-state index in [9.17, 15) is 9.59 Å². The van der Waals surface area contributed by atoms with Gasteiger partial charge in [-0.3, -0.25) is 9.59 Å². The number of carbonyl (C=O) groups excluding carboxylic acids is 2. The van der Waals surface area contributed by atoms with E-state index in [1.807, 2.05) is 13.0 Å². The van der Waals surface area contributed by atoms with E-state index < -0.39 is 0 Å². The predicted molar refractivity (Wildman–Crippen MR) is 64.6 cm³/mol. The monoisotopic (exact) mass is 236 g/mol. The largest absolute Gasteiger partial charge is 0.377 e. The summed E-state index contributed by atoms with van der Waals surface area (Å²) in [5.41, 5.74) is 1.01. The summed E-state index contributed by atoms with van der Waals surface area (Å²) >= 11 is 0. The fraction of sp³-hybridized carbons (Fsp3) is 0.714. The highest BCUT2D eigenvalue weighted by molar-refractivity contribution is 6.41. The summed E-state index contributed by atoms with van der Waals surface area (Å²) in [6, 6.07) is 0. The van der Waals surface area contributed by atoms with Gasteiger partial charge in [0.05, 0.1) is 12.0 Å². The molecule has 3 aliphatic rings. The van der Waals surface area contributed by atoms with Crippen LogP contribution in [0.15, 0.2) is 11.6 Å². The van der Waals surface area contributed by atoms with Crippen LogP contribution in [0.3, 0.4) is 0 Å². The quantitative estimate of drug-likeness (QED) is 0.545. The van der Waals surface area contributed by atoms with Crippen molar-refractivity contribution < 1.29 is 14.3 Å². The topological polar surface area (TPSA) is 43.4 Å². The van der Waals surface area contributed by atoms with Gasteiger partial charge in [-0.15, -0.1) is 0 Å². The second-order valence-corrected chi connectivity index (χ2v) is 5.91. The molecule has 0 aromatic carbocycles. The minimum atomic E-state index is -0.340. The minimum Gasteiger partial charge on any atom is -0.377 e. The Morgan fingerprint density at radius 2 is 1.94 bits per heavy atom. The second kappa shape index (κ2) is 4.05. The van der Waals surface area contributed by atoms with Gasteiger partial charge >= 0.3 is 0 Å². The molecule has 0 aliphatic heterocycles. The Hall–Kier alpha value is -0.960. The van der Waals surface area contributed by atoms with E-state index >= 15 is 0 Å². The van der Waals surface area contributed by atoms with Crippen molar-refractivity contribution in [3.8, 4) is 0 Å². The number of ether oxygens (including phenoxy) is 1. The second-order valence-electron chi connectivity index (χ2n) is 5.91. The Balaban J connectivity index is 2.40. The Morgan fingerprint density at radius 3 is 2.41 bits per heavy atom. The fourth-order valence-electron chi connectivity index (χ4n) is 2.90. The van der Waals surface area contributed by atoms with E-state index in [0.717, 1.165) is 5.57 Å². The molecule has 2 bridgehead atoms. The molecule has 0 heterocycles. The van der Waals surface area contributed by atoms with Crippen molar-refractivity contribution in [2.24, 2.45) is 17.3 Å². The summed E-state index contributed by atoms with van der Waals surface area (Å²) < 4.78 is 5.65. The van der Waals surface area contributed by atoms with Crippen LogP contribution in [-0.2, 0) is 14.3 Å². The number of fused-ring (bicyclic) bond motifs is 2. The highest BCUT2D eigenvalue weighted by Crippen LogP contribution is 2.45. The van der Waals surface area contributed by atoms with Crippen molar-refractivity contribution in [3.05, 3.63) is 11.6 Å². The van der Waals surface area contributed by atoms with Crippen molar-refractivity contribution >= 4 is 11.6 Å². The summed E-state index contributed by atoms with van der Waals surface area (Å²) in [4.78, 5) is 23.8. The third-order valence-electron chi connectivity index (χ3n) is 3.68. The molecule has 0 N–H and O–H groups in total. The van der Waals surface area contributed by atoms with Gasteiger partial charge in [-0.25, -0.2) is 0 Å². The average Bonchev–Trinajstić information content (AvgIpc) is 2.23. The zero-order chi connectivity index (χ0) is 12.8. The van der Waals surface area contributed by atoms with Gasteiger partial charge < -0.3 is 4.74 Å². The molecule has 17 heavy (non-hydrogen) atoms. The molecule has 3 aliphatic carbocycles. The van der Waals surface area contributed by atoms with Crippen LogP contribution in [0.25, 0.3) is 0 Å². The van der Waals surface area contributed by atoms with Crippen molar-refractivity contribution in [2.75, 3.05) is 6.61 Å². The van der Waals surface area contributed by atoms with E-state index in [1.54, 1.807) is 0 Å². The van der Waals surface area contributed by atoms with Crippen LogP contribution in [0.1, 0.15) is 34.1 Å². The molecule has 0 radical (unpaired) electrons. The lowest BCUT2D eigenvalue weighted by Gasteiger charge is -2.43. The van der Waals surface area contributed by atoms with Gasteiger partial charge in [0.25, 0.3) is 0 Å². The van der Waals surface area contributed by atoms with Gasteiger partial charge in [-0.1, -0.05) is 32.4 Å². The first-order valence-electron chi connectivity index (χ1n) is 6.28. The smallest absolute Gasteiger partial charge is 0.208 e. The van der Waals surface area contributed by atoms with E-state index in [4.69, 9.17) is 4.74 Å². The molecule has 1 fully saturated rings. The lowest BCUT2D eigenvalue weighted by atomic mass is 9.62. The van der Waals surface area contributed by atoms with Gasteiger partial charge in [-0.2, -0.15) is 0 Å². The number of carbonyl (C=O) groups is 2. The van der Waals surface area contributed by atoms with Gasteiger partial charge in [0.2, 0.25) is 11.6 Å². The first-order valence-corrected chi connectivity index (χ1v) is 6.28. The SMILES string of the molecule is CCO[C@@H]1C[C@H]2C=C(C(C)(C)C)[C@@H]1C(=O)C2=O. The van der Waals surface area contributed by atoms with E-state index in [-0.39, 0.29) is 34.9 Å². The van der Waals surface area contributed by atoms with Crippen LogP contribution in [0.4, 0.5) is 0 Å². The average molecular weight is 236 g/mol. The van der Waals surface area contributed by atoms with Gasteiger partial charge in [-0.05, 0) is 18.8 Å². The highest BCUT2D eigenvalue weighted by atomic mass is 16.5. The van der Waals surface area contributed by atoms with E-state index in [2.05, 4.69) is 20.8 Å². The van der Waals surface area contributed by atoms with E-state index in [1.165, 1.54) is 0 Å². The first kappa shape index (κ1) is 12.5. The van der Waals surface area contributed by atoms with Crippen LogP contribution in [0, 0.1) is 17.3 Å². The Kier molecular flexibility index (Phi) is 2.98. The van der Waals surface area contributed by atoms with Crippen molar-refractivity contribution in [3.63, 3.8) is 0 Å². The Labute approximate surface area is 102 Å². The lowest BCUT2D eigenvalue weighted by Crippen LogP contribution is -2.51. The molecule has 3 rings (SSSR count). The van der Waals surface area contributed by atoms with Gasteiger partial charge in [0.15, 0.2) is 0 Å². The molecular formula is C14H20O3. The number of allylic oxidation sites excluding steroid dienone is 1. The fourth-order valence-corrected chi connectivity index (χ4v) is 2.90. The lowest BCUT2D eigenvalue weighted by molar-refractivity contribution is -0.149.